The van der Waals surface area contributed by atoms with Crippen molar-refractivity contribution in [3.05, 3.63) is 65.0 Å². The molecule has 1 amide bonds. The molecule has 0 aliphatic carbocycles. The van der Waals surface area contributed by atoms with E-state index in [1.807, 2.05) is 30.0 Å². The number of amides is 1. The van der Waals surface area contributed by atoms with Gasteiger partial charge in [-0.15, -0.1) is 0 Å². The van der Waals surface area contributed by atoms with Crippen LogP contribution in [0.25, 0.3) is 0 Å². The number of carbonyl (C=O) groups excluding carboxylic acids is 1. The molecule has 6 nitrogen and oxygen atoms in total. The molecule has 1 aromatic heterocycles. The second-order valence-corrected chi connectivity index (χ2v) is 12.0. The molecule has 2 atom stereocenters. The Morgan fingerprint density at radius 2 is 1.70 bits per heavy atom. The highest BCUT2D eigenvalue weighted by Gasteiger charge is 2.55. The number of likely N-dealkylation sites (tertiary alicyclic amines) is 2. The lowest BCUT2D eigenvalue weighted by atomic mass is 9.62. The van der Waals surface area contributed by atoms with Gasteiger partial charge in [0.25, 0.3) is 0 Å². The van der Waals surface area contributed by atoms with Crippen LogP contribution >= 0.6 is 0 Å². The van der Waals surface area contributed by atoms with Crippen LogP contribution in [0.1, 0.15) is 75.6 Å². The quantitative estimate of drug-likeness (QED) is 0.608. The minimum atomic E-state index is -1.23. The van der Waals surface area contributed by atoms with Crippen LogP contribution in [0, 0.1) is 22.7 Å². The van der Waals surface area contributed by atoms with Gasteiger partial charge in [-0.05, 0) is 43.0 Å². The molecule has 0 radical (unpaired) electrons. The summed E-state index contributed by atoms with van der Waals surface area (Å²) in [6, 6.07) is 10.2. The van der Waals surface area contributed by atoms with Crippen LogP contribution in [-0.4, -0.2) is 70.2 Å². The summed E-state index contributed by atoms with van der Waals surface area (Å²) < 4.78 is 0. The molecule has 1 aromatic carbocycles. The van der Waals surface area contributed by atoms with Crippen molar-refractivity contribution in [3.8, 4) is 11.8 Å². The Bertz CT molecular complexity index is 1180. The Labute approximate surface area is 221 Å². The number of pyridine rings is 1. The fraction of sp³-hybridized carbons (Fsp3) is 0.548. The van der Waals surface area contributed by atoms with Crippen LogP contribution in [-0.2, 0) is 10.4 Å². The Morgan fingerprint density at radius 1 is 1.08 bits per heavy atom. The SMILES string of the molecule is CC(=O)N1CCC(C)(C(O)C#Cc2cncc([C@@](O)(c3ccc(C(C)C)cc3)C3(C)CN(C)C3)c2)CC1. The van der Waals surface area contributed by atoms with Crippen molar-refractivity contribution in [2.24, 2.45) is 10.8 Å². The zero-order chi connectivity index (χ0) is 27.0. The van der Waals surface area contributed by atoms with E-state index in [-0.39, 0.29) is 16.7 Å². The molecule has 2 aliphatic heterocycles. The van der Waals surface area contributed by atoms with Gasteiger partial charge in [-0.3, -0.25) is 9.78 Å². The molecule has 0 spiro atoms. The zero-order valence-corrected chi connectivity index (χ0v) is 23.1. The summed E-state index contributed by atoms with van der Waals surface area (Å²) >= 11 is 0. The number of hydrogen-bond acceptors (Lipinski definition) is 5. The number of nitrogens with zero attached hydrogens (tertiary/aromatic N) is 3. The summed E-state index contributed by atoms with van der Waals surface area (Å²) in [5.41, 5.74) is 1.47. The fourth-order valence-electron chi connectivity index (χ4n) is 5.98. The minimum absolute atomic E-state index is 0.0724. The van der Waals surface area contributed by atoms with Crippen molar-refractivity contribution in [2.75, 3.05) is 33.2 Å². The number of benzene rings is 1. The lowest BCUT2D eigenvalue weighted by Gasteiger charge is -2.55. The molecule has 4 rings (SSSR count). The first-order valence-electron chi connectivity index (χ1n) is 13.3. The van der Waals surface area contributed by atoms with Crippen LogP contribution in [0.5, 0.6) is 0 Å². The average Bonchev–Trinajstić information content (AvgIpc) is 2.86. The predicted molar refractivity (Wildman–Crippen MR) is 146 cm³/mol. The highest BCUT2D eigenvalue weighted by atomic mass is 16.3. The first kappa shape index (κ1) is 27.3. The Balaban J connectivity index is 1.63. The van der Waals surface area contributed by atoms with Gasteiger partial charge in [0.15, 0.2) is 0 Å². The maximum atomic E-state index is 12.4. The third-order valence-corrected chi connectivity index (χ3v) is 8.63. The maximum absolute atomic E-state index is 12.4. The first-order chi connectivity index (χ1) is 17.4. The van der Waals surface area contributed by atoms with E-state index in [1.54, 1.807) is 19.3 Å². The van der Waals surface area contributed by atoms with Gasteiger partial charge in [0.1, 0.15) is 11.7 Å². The molecule has 198 valence electrons. The predicted octanol–water partition coefficient (Wildman–Crippen LogP) is 3.75. The second kappa shape index (κ2) is 10.2. The van der Waals surface area contributed by atoms with Gasteiger partial charge >= 0.3 is 0 Å². The lowest BCUT2D eigenvalue weighted by Crippen LogP contribution is -2.63. The molecule has 0 bridgehead atoms. The van der Waals surface area contributed by atoms with Crippen LogP contribution in [0.3, 0.4) is 0 Å². The molecule has 6 heteroatoms. The van der Waals surface area contributed by atoms with Crippen LogP contribution in [0.2, 0.25) is 0 Å². The monoisotopic (exact) mass is 503 g/mol. The minimum Gasteiger partial charge on any atom is -0.380 e. The third-order valence-electron chi connectivity index (χ3n) is 8.63. The fourth-order valence-corrected chi connectivity index (χ4v) is 5.98. The summed E-state index contributed by atoms with van der Waals surface area (Å²) in [6.07, 6.45) is 4.02. The van der Waals surface area contributed by atoms with Gasteiger partial charge in [0, 0.05) is 67.5 Å². The smallest absolute Gasteiger partial charge is 0.219 e. The van der Waals surface area contributed by atoms with Crippen molar-refractivity contribution in [3.63, 3.8) is 0 Å². The zero-order valence-electron chi connectivity index (χ0n) is 23.1. The lowest BCUT2D eigenvalue weighted by molar-refractivity contribution is -0.131. The maximum Gasteiger partial charge on any atom is 0.219 e. The van der Waals surface area contributed by atoms with E-state index in [9.17, 15) is 15.0 Å². The van der Waals surface area contributed by atoms with E-state index in [1.165, 1.54) is 5.56 Å². The van der Waals surface area contributed by atoms with Gasteiger partial charge in [0.05, 0.1) is 0 Å². The van der Waals surface area contributed by atoms with Crippen molar-refractivity contribution in [2.45, 2.75) is 65.1 Å². The molecular weight excluding hydrogens is 462 g/mol. The topological polar surface area (TPSA) is 76.9 Å². The van der Waals surface area contributed by atoms with Gasteiger partial charge in [-0.1, -0.05) is 63.8 Å². The van der Waals surface area contributed by atoms with Crippen molar-refractivity contribution < 1.29 is 15.0 Å². The van der Waals surface area contributed by atoms with E-state index >= 15 is 0 Å². The van der Waals surface area contributed by atoms with Crippen LogP contribution in [0.15, 0.2) is 42.7 Å². The number of hydrogen-bond donors (Lipinski definition) is 2. The number of carbonyl (C=O) groups is 1. The normalized spacial score (nSPS) is 21.4. The summed E-state index contributed by atoms with van der Waals surface area (Å²) in [4.78, 5) is 20.1. The Morgan fingerprint density at radius 3 is 2.24 bits per heavy atom. The molecule has 2 saturated heterocycles. The summed E-state index contributed by atoms with van der Waals surface area (Å²) in [7, 11) is 2.06. The highest BCUT2D eigenvalue weighted by Crippen LogP contribution is 2.50. The second-order valence-electron chi connectivity index (χ2n) is 12.0. The largest absolute Gasteiger partial charge is 0.380 e. The molecule has 0 saturated carbocycles. The molecule has 3 heterocycles. The van der Waals surface area contributed by atoms with E-state index < -0.39 is 11.7 Å². The molecule has 2 N–H and O–H groups in total. The van der Waals surface area contributed by atoms with E-state index in [2.05, 4.69) is 61.7 Å². The van der Waals surface area contributed by atoms with Crippen molar-refractivity contribution in [1.29, 1.82) is 0 Å². The van der Waals surface area contributed by atoms with E-state index in [0.717, 1.165) is 18.7 Å². The standard InChI is InChI=1S/C31H41N3O3/c1-22(2)25-8-10-26(11-9-25)31(37,30(5)20-33(6)21-30)27-17-24(18-32-19-27)7-12-28(36)29(4)13-15-34(16-14-29)23(3)35/h8-11,17-19,22,28,36-37H,13-16,20-21H2,1-6H3/t28?,31-/m0/s1. The molecule has 2 aliphatic rings. The van der Waals surface area contributed by atoms with Gasteiger partial charge in [0.2, 0.25) is 5.91 Å². The average molecular weight is 504 g/mol. The molecule has 1 unspecified atom stereocenters. The van der Waals surface area contributed by atoms with Crippen LogP contribution < -0.4 is 0 Å². The van der Waals surface area contributed by atoms with Crippen LogP contribution in [0.4, 0.5) is 0 Å². The van der Waals surface area contributed by atoms with Gasteiger partial charge < -0.3 is 20.0 Å². The highest BCUT2D eigenvalue weighted by molar-refractivity contribution is 5.73. The first-order valence-corrected chi connectivity index (χ1v) is 13.3. The molecule has 37 heavy (non-hydrogen) atoms. The number of aromatic nitrogens is 1. The van der Waals surface area contributed by atoms with Gasteiger partial charge in [-0.25, -0.2) is 0 Å². The number of aliphatic hydroxyl groups excluding tert-OH is 1. The third kappa shape index (κ3) is 5.18. The Hall–Kier alpha value is -2.72. The number of rotatable bonds is 5. The Kier molecular flexibility index (Phi) is 7.54. The summed E-state index contributed by atoms with van der Waals surface area (Å²) in [5, 5.41) is 23.4. The molecule has 2 aromatic rings. The van der Waals surface area contributed by atoms with Crippen molar-refractivity contribution in [1.82, 2.24) is 14.8 Å². The van der Waals surface area contributed by atoms with E-state index in [0.29, 0.717) is 43.0 Å². The summed E-state index contributed by atoms with van der Waals surface area (Å²) in [6.45, 7) is 12.9. The summed E-state index contributed by atoms with van der Waals surface area (Å²) in [5.74, 6) is 6.64. The van der Waals surface area contributed by atoms with Gasteiger partial charge in [-0.2, -0.15) is 0 Å². The van der Waals surface area contributed by atoms with Crippen molar-refractivity contribution >= 4 is 5.91 Å². The number of aliphatic hydroxyl groups is 2. The number of piperidine rings is 1. The molecular formula is C31H41N3O3. The van der Waals surface area contributed by atoms with E-state index in [4.69, 9.17) is 0 Å². The molecule has 2 fully saturated rings.